The van der Waals surface area contributed by atoms with E-state index in [4.69, 9.17) is 35.8 Å². The SMILES string of the molecule is N#Cc1cc([S-])c([S-])cc1C#N. The second kappa shape index (κ2) is 3.36. The number of hydrogen-bond donors (Lipinski definition) is 0. The molecule has 0 N–H and O–H groups in total. The van der Waals surface area contributed by atoms with Gasteiger partial charge in [0, 0.05) is 0 Å². The van der Waals surface area contributed by atoms with Gasteiger partial charge in [-0.15, -0.1) is 0 Å². The van der Waals surface area contributed by atoms with Gasteiger partial charge in [0.1, 0.15) is 12.1 Å². The van der Waals surface area contributed by atoms with Gasteiger partial charge in [0.25, 0.3) is 0 Å². The molecule has 2 nitrogen and oxygen atoms in total. The van der Waals surface area contributed by atoms with Crippen LogP contribution in [-0.2, 0) is 25.3 Å². The fourth-order valence-electron chi connectivity index (χ4n) is 0.745. The first-order chi connectivity index (χ1) is 5.69. The van der Waals surface area contributed by atoms with Crippen molar-refractivity contribution >= 4 is 25.3 Å². The van der Waals surface area contributed by atoms with Gasteiger partial charge in [-0.2, -0.15) is 20.3 Å². The Morgan fingerprint density at radius 1 is 0.917 bits per heavy atom. The lowest BCUT2D eigenvalue weighted by Crippen LogP contribution is -1.87. The predicted molar refractivity (Wildman–Crippen MR) is 47.1 cm³/mol. The highest BCUT2D eigenvalue weighted by Crippen LogP contribution is 2.14. The first-order valence-corrected chi connectivity index (χ1v) is 3.83. The summed E-state index contributed by atoms with van der Waals surface area (Å²) in [5.41, 5.74) is 0.576. The van der Waals surface area contributed by atoms with E-state index >= 15 is 0 Å². The summed E-state index contributed by atoms with van der Waals surface area (Å²) in [5.74, 6) is 0. The Morgan fingerprint density at radius 3 is 1.50 bits per heavy atom. The normalized spacial score (nSPS) is 8.50. The second-order valence-corrected chi connectivity index (χ2v) is 2.95. The van der Waals surface area contributed by atoms with E-state index in [0.717, 1.165) is 0 Å². The minimum Gasteiger partial charge on any atom is -0.781 e. The van der Waals surface area contributed by atoms with Crippen LogP contribution < -0.4 is 0 Å². The Hall–Kier alpha value is -1.36. The summed E-state index contributed by atoms with van der Waals surface area (Å²) in [4.78, 5) is 0.890. The Balaban J connectivity index is 3.44. The molecule has 4 heteroatoms. The summed E-state index contributed by atoms with van der Waals surface area (Å²) >= 11 is 9.70. The topological polar surface area (TPSA) is 47.6 Å². The largest absolute Gasteiger partial charge is 0.781 e. The lowest BCUT2D eigenvalue weighted by molar-refractivity contribution is 1.23. The van der Waals surface area contributed by atoms with Crippen molar-refractivity contribution < 1.29 is 0 Å². The van der Waals surface area contributed by atoms with Gasteiger partial charge in [0.05, 0.1) is 11.1 Å². The van der Waals surface area contributed by atoms with Crippen molar-refractivity contribution in [1.82, 2.24) is 0 Å². The summed E-state index contributed by atoms with van der Waals surface area (Å²) in [5, 5.41) is 17.2. The minimum absolute atomic E-state index is 0.288. The number of rotatable bonds is 0. The molecule has 1 aromatic rings. The fraction of sp³-hybridized carbons (Fsp3) is 0. The van der Waals surface area contributed by atoms with Gasteiger partial charge >= 0.3 is 0 Å². The highest BCUT2D eigenvalue weighted by atomic mass is 32.1. The standard InChI is InChI=1S/C8H4N2S2/c9-3-5-1-7(11)8(12)2-6(5)4-10/h1-2,11-12H/p-2. The van der Waals surface area contributed by atoms with E-state index in [9.17, 15) is 0 Å². The van der Waals surface area contributed by atoms with E-state index in [1.54, 1.807) is 0 Å². The highest BCUT2D eigenvalue weighted by molar-refractivity contribution is 7.62. The van der Waals surface area contributed by atoms with Crippen LogP contribution in [0, 0.1) is 22.7 Å². The maximum absolute atomic E-state index is 8.58. The third-order valence-corrected chi connectivity index (χ3v) is 2.13. The van der Waals surface area contributed by atoms with Crippen molar-refractivity contribution in [2.24, 2.45) is 0 Å². The Kier molecular flexibility index (Phi) is 2.44. The number of hydrogen-bond acceptors (Lipinski definition) is 4. The molecule has 0 fully saturated rings. The summed E-state index contributed by atoms with van der Waals surface area (Å²) in [7, 11) is 0. The van der Waals surface area contributed by atoms with Crippen LogP contribution in [0.1, 0.15) is 11.1 Å². The molecule has 0 amide bonds. The molecule has 0 radical (unpaired) electrons. The van der Waals surface area contributed by atoms with Gasteiger partial charge in [-0.3, -0.25) is 0 Å². The zero-order valence-corrected chi connectivity index (χ0v) is 7.50. The van der Waals surface area contributed by atoms with Gasteiger partial charge in [0.2, 0.25) is 0 Å². The molecular formula is C8H2N2S2-2. The van der Waals surface area contributed by atoms with Crippen LogP contribution in [0.25, 0.3) is 0 Å². The third kappa shape index (κ3) is 1.45. The Morgan fingerprint density at radius 2 is 1.25 bits per heavy atom. The number of benzene rings is 1. The van der Waals surface area contributed by atoms with Gasteiger partial charge in [-0.25, -0.2) is 0 Å². The van der Waals surface area contributed by atoms with Crippen molar-refractivity contribution in [1.29, 1.82) is 10.5 Å². The average Bonchev–Trinajstić information content (AvgIpc) is 2.09. The van der Waals surface area contributed by atoms with Gasteiger partial charge in [0.15, 0.2) is 0 Å². The smallest absolute Gasteiger partial charge is 0.100 e. The molecule has 0 aliphatic rings. The zero-order chi connectivity index (χ0) is 9.14. The van der Waals surface area contributed by atoms with Crippen molar-refractivity contribution in [3.8, 4) is 12.1 Å². The van der Waals surface area contributed by atoms with Crippen LogP contribution in [0.15, 0.2) is 21.9 Å². The molecule has 0 saturated carbocycles. The molecular weight excluding hydrogens is 188 g/mol. The molecule has 58 valence electrons. The van der Waals surface area contributed by atoms with Gasteiger partial charge in [-0.1, -0.05) is 12.1 Å². The Labute approximate surface area is 81.3 Å². The van der Waals surface area contributed by atoms with E-state index in [2.05, 4.69) is 0 Å². The highest BCUT2D eigenvalue weighted by Gasteiger charge is 1.97. The van der Waals surface area contributed by atoms with Gasteiger partial charge in [-0.05, 0) is 0 Å². The van der Waals surface area contributed by atoms with Crippen LogP contribution in [0.4, 0.5) is 0 Å². The molecule has 12 heavy (non-hydrogen) atoms. The summed E-state index contributed by atoms with van der Waals surface area (Å²) in [6.45, 7) is 0. The van der Waals surface area contributed by atoms with Crippen LogP contribution >= 0.6 is 0 Å². The Bertz CT molecular complexity index is 360. The maximum Gasteiger partial charge on any atom is 0.100 e. The lowest BCUT2D eigenvalue weighted by atomic mass is 10.1. The molecule has 0 aliphatic carbocycles. The zero-order valence-electron chi connectivity index (χ0n) is 5.87. The molecule has 0 atom stereocenters. The second-order valence-electron chi connectivity index (χ2n) is 2.07. The molecule has 0 bridgehead atoms. The molecule has 0 heterocycles. The molecule has 0 aliphatic heterocycles. The molecule has 0 unspecified atom stereocenters. The quantitative estimate of drug-likeness (QED) is 0.577. The number of nitriles is 2. The van der Waals surface area contributed by atoms with Crippen molar-refractivity contribution in [2.45, 2.75) is 9.79 Å². The first kappa shape index (κ1) is 8.73. The summed E-state index contributed by atoms with van der Waals surface area (Å²) < 4.78 is 0. The molecule has 0 spiro atoms. The fourth-order valence-corrected chi connectivity index (χ4v) is 1.10. The molecule has 0 saturated heterocycles. The van der Waals surface area contributed by atoms with Crippen LogP contribution in [0.3, 0.4) is 0 Å². The molecule has 1 rings (SSSR count). The van der Waals surface area contributed by atoms with Crippen molar-refractivity contribution in [2.75, 3.05) is 0 Å². The van der Waals surface area contributed by atoms with Crippen LogP contribution in [0.2, 0.25) is 0 Å². The van der Waals surface area contributed by atoms with E-state index in [-0.39, 0.29) is 11.1 Å². The van der Waals surface area contributed by atoms with Crippen LogP contribution in [-0.4, -0.2) is 0 Å². The summed E-state index contributed by atoms with van der Waals surface area (Å²) in [6, 6.07) is 6.67. The minimum atomic E-state index is 0.288. The first-order valence-electron chi connectivity index (χ1n) is 3.01. The molecule has 1 aromatic carbocycles. The van der Waals surface area contributed by atoms with E-state index < -0.39 is 0 Å². The number of nitrogens with zero attached hydrogens (tertiary/aromatic N) is 2. The third-order valence-electron chi connectivity index (χ3n) is 1.32. The van der Waals surface area contributed by atoms with Crippen LogP contribution in [0.5, 0.6) is 0 Å². The average molecular weight is 190 g/mol. The monoisotopic (exact) mass is 190 g/mol. The van der Waals surface area contributed by atoms with E-state index in [0.29, 0.717) is 9.79 Å². The summed E-state index contributed by atoms with van der Waals surface area (Å²) in [6.07, 6.45) is 0. The van der Waals surface area contributed by atoms with Crippen molar-refractivity contribution in [3.63, 3.8) is 0 Å². The van der Waals surface area contributed by atoms with E-state index in [1.165, 1.54) is 12.1 Å². The lowest BCUT2D eigenvalue weighted by Gasteiger charge is -2.19. The maximum atomic E-state index is 8.58. The van der Waals surface area contributed by atoms with Crippen molar-refractivity contribution in [3.05, 3.63) is 23.3 Å². The predicted octanol–water partition coefficient (Wildman–Crippen LogP) is 1.24. The van der Waals surface area contributed by atoms with Gasteiger partial charge < -0.3 is 25.3 Å². The molecule has 0 aromatic heterocycles. The van der Waals surface area contributed by atoms with E-state index in [1.807, 2.05) is 12.1 Å².